The standard InChI is InChI=1S/C13H15N3O2S2/c1-9(16(18)13(14)17)2-3-10-4-5-11(20-10)8-12-15-6-7-19-12/h2-7,9,18H,8H2,1H3,(H2,14,17). The Morgan fingerprint density at radius 3 is 3.05 bits per heavy atom. The molecule has 5 nitrogen and oxygen atoms in total. The molecule has 106 valence electrons. The van der Waals surface area contributed by atoms with Crippen LogP contribution in [0.5, 0.6) is 0 Å². The second-order valence-corrected chi connectivity index (χ2v) is 6.37. The predicted molar refractivity (Wildman–Crippen MR) is 80.9 cm³/mol. The van der Waals surface area contributed by atoms with Gasteiger partial charge in [-0.05, 0) is 25.1 Å². The Labute approximate surface area is 124 Å². The molecule has 2 aromatic rings. The lowest BCUT2D eigenvalue weighted by Crippen LogP contribution is -2.38. The van der Waals surface area contributed by atoms with E-state index in [1.807, 2.05) is 17.5 Å². The third-order valence-electron chi connectivity index (χ3n) is 2.64. The number of hydrogen-bond acceptors (Lipinski definition) is 5. The van der Waals surface area contributed by atoms with E-state index < -0.39 is 12.1 Å². The summed E-state index contributed by atoms with van der Waals surface area (Å²) in [4.78, 5) is 17.3. The Morgan fingerprint density at radius 2 is 2.40 bits per heavy atom. The zero-order chi connectivity index (χ0) is 14.5. The molecule has 3 N–H and O–H groups in total. The Balaban J connectivity index is 1.97. The van der Waals surface area contributed by atoms with Gasteiger partial charge in [0.1, 0.15) is 0 Å². The van der Waals surface area contributed by atoms with Crippen LogP contribution in [0.3, 0.4) is 0 Å². The summed E-state index contributed by atoms with van der Waals surface area (Å²) in [6.07, 6.45) is 6.23. The third kappa shape index (κ3) is 3.89. The van der Waals surface area contributed by atoms with Gasteiger partial charge in [0.05, 0.1) is 11.0 Å². The summed E-state index contributed by atoms with van der Waals surface area (Å²) in [6, 6.07) is 2.74. The quantitative estimate of drug-likeness (QED) is 0.658. The molecule has 1 unspecified atom stereocenters. The molecule has 0 aliphatic heterocycles. The molecular weight excluding hydrogens is 294 g/mol. The Bertz CT molecular complexity index is 593. The maximum Gasteiger partial charge on any atom is 0.339 e. The van der Waals surface area contributed by atoms with E-state index in [0.29, 0.717) is 5.06 Å². The predicted octanol–water partition coefficient (Wildman–Crippen LogP) is 2.97. The molecule has 0 fully saturated rings. The first-order chi connectivity index (χ1) is 9.56. The van der Waals surface area contributed by atoms with Gasteiger partial charge in [-0.2, -0.15) is 5.06 Å². The van der Waals surface area contributed by atoms with Gasteiger partial charge in [0.25, 0.3) is 0 Å². The van der Waals surface area contributed by atoms with E-state index in [9.17, 15) is 10.0 Å². The molecule has 0 spiro atoms. The van der Waals surface area contributed by atoms with Gasteiger partial charge < -0.3 is 5.73 Å². The van der Waals surface area contributed by atoms with Crippen molar-refractivity contribution in [2.45, 2.75) is 19.4 Å². The fraction of sp³-hybridized carbons (Fsp3) is 0.231. The molecule has 2 aromatic heterocycles. The Kier molecular flexibility index (Phi) is 4.89. The Hall–Kier alpha value is -1.70. The maximum atomic E-state index is 10.8. The first kappa shape index (κ1) is 14.7. The molecule has 0 aromatic carbocycles. The van der Waals surface area contributed by atoms with Crippen LogP contribution in [0, 0.1) is 0 Å². The summed E-state index contributed by atoms with van der Waals surface area (Å²) in [5, 5.41) is 12.9. The first-order valence-electron chi connectivity index (χ1n) is 5.99. The molecule has 20 heavy (non-hydrogen) atoms. The highest BCUT2D eigenvalue weighted by Gasteiger charge is 2.11. The molecule has 2 amide bonds. The number of carbonyl (C=O) groups is 1. The molecule has 0 saturated carbocycles. The van der Waals surface area contributed by atoms with Crippen LogP contribution >= 0.6 is 22.7 Å². The smallest absolute Gasteiger partial charge is 0.339 e. The zero-order valence-electron chi connectivity index (χ0n) is 10.9. The van der Waals surface area contributed by atoms with Crippen LogP contribution in [0.25, 0.3) is 6.08 Å². The first-order valence-corrected chi connectivity index (χ1v) is 7.68. The largest absolute Gasteiger partial charge is 0.350 e. The lowest BCUT2D eigenvalue weighted by atomic mass is 10.3. The fourth-order valence-electron chi connectivity index (χ4n) is 1.58. The van der Waals surface area contributed by atoms with Crippen LogP contribution in [0.2, 0.25) is 0 Å². The third-order valence-corrected chi connectivity index (χ3v) is 4.47. The summed E-state index contributed by atoms with van der Waals surface area (Å²) in [7, 11) is 0. The number of urea groups is 1. The van der Waals surface area contributed by atoms with Gasteiger partial charge in [0.15, 0.2) is 0 Å². The lowest BCUT2D eigenvalue weighted by Gasteiger charge is -2.16. The SMILES string of the molecule is CC(C=Cc1ccc(Cc2nccs2)s1)N(O)C(N)=O. The van der Waals surface area contributed by atoms with Crippen LogP contribution < -0.4 is 5.73 Å². The van der Waals surface area contributed by atoms with Crippen molar-refractivity contribution in [1.29, 1.82) is 0 Å². The van der Waals surface area contributed by atoms with Gasteiger partial charge in [0.2, 0.25) is 0 Å². The highest BCUT2D eigenvalue weighted by molar-refractivity contribution is 7.13. The average Bonchev–Trinajstić information content (AvgIpc) is 3.07. The van der Waals surface area contributed by atoms with E-state index in [1.165, 1.54) is 4.88 Å². The number of hydroxylamine groups is 2. The van der Waals surface area contributed by atoms with E-state index >= 15 is 0 Å². The van der Waals surface area contributed by atoms with Gasteiger partial charge in [-0.3, -0.25) is 5.21 Å². The van der Waals surface area contributed by atoms with Gasteiger partial charge in [0, 0.05) is 27.8 Å². The number of nitrogens with zero attached hydrogens (tertiary/aromatic N) is 2. The lowest BCUT2D eigenvalue weighted by molar-refractivity contribution is -0.0560. The van der Waals surface area contributed by atoms with E-state index in [0.717, 1.165) is 16.3 Å². The van der Waals surface area contributed by atoms with Crippen molar-refractivity contribution in [1.82, 2.24) is 10.0 Å². The zero-order valence-corrected chi connectivity index (χ0v) is 12.5. The minimum atomic E-state index is -0.863. The normalized spacial score (nSPS) is 12.7. The van der Waals surface area contributed by atoms with Crippen molar-refractivity contribution in [3.63, 3.8) is 0 Å². The molecule has 0 aliphatic carbocycles. The second-order valence-electron chi connectivity index (χ2n) is 4.19. The molecule has 2 heterocycles. The summed E-state index contributed by atoms with van der Waals surface area (Å²) in [5.74, 6) is 0. The van der Waals surface area contributed by atoms with Crippen LogP contribution in [-0.4, -0.2) is 27.3 Å². The molecule has 2 rings (SSSR count). The van der Waals surface area contributed by atoms with E-state index in [2.05, 4.69) is 11.1 Å². The molecule has 0 aliphatic rings. The molecular formula is C13H15N3O2S2. The molecule has 1 atom stereocenters. The summed E-state index contributed by atoms with van der Waals surface area (Å²) < 4.78 is 0. The van der Waals surface area contributed by atoms with E-state index in [1.54, 1.807) is 41.9 Å². The number of nitrogens with two attached hydrogens (primary N) is 1. The van der Waals surface area contributed by atoms with Crippen molar-refractivity contribution < 1.29 is 10.0 Å². The summed E-state index contributed by atoms with van der Waals surface area (Å²) >= 11 is 3.30. The molecule has 0 bridgehead atoms. The van der Waals surface area contributed by atoms with Crippen molar-refractivity contribution in [3.8, 4) is 0 Å². The van der Waals surface area contributed by atoms with Crippen LogP contribution in [0.15, 0.2) is 29.8 Å². The summed E-state index contributed by atoms with van der Waals surface area (Å²) in [5.41, 5.74) is 4.99. The van der Waals surface area contributed by atoms with Crippen molar-refractivity contribution >= 4 is 34.8 Å². The number of amides is 2. The minimum absolute atomic E-state index is 0.461. The Morgan fingerprint density at radius 1 is 1.60 bits per heavy atom. The maximum absolute atomic E-state index is 10.8. The van der Waals surface area contributed by atoms with Gasteiger partial charge in [-0.15, -0.1) is 22.7 Å². The number of rotatable bonds is 5. The molecule has 0 radical (unpaired) electrons. The van der Waals surface area contributed by atoms with E-state index in [4.69, 9.17) is 5.73 Å². The van der Waals surface area contributed by atoms with Crippen molar-refractivity contribution in [2.24, 2.45) is 5.73 Å². The number of hydrogen-bond donors (Lipinski definition) is 2. The van der Waals surface area contributed by atoms with Gasteiger partial charge in [-0.1, -0.05) is 6.08 Å². The van der Waals surface area contributed by atoms with Crippen molar-refractivity contribution in [3.05, 3.63) is 44.5 Å². The number of primary amides is 1. The number of thiazole rings is 1. The summed E-state index contributed by atoms with van der Waals surface area (Å²) in [6.45, 7) is 1.69. The number of thiophene rings is 1. The van der Waals surface area contributed by atoms with Gasteiger partial charge in [-0.25, -0.2) is 9.78 Å². The molecule has 0 saturated heterocycles. The monoisotopic (exact) mass is 309 g/mol. The average molecular weight is 309 g/mol. The topological polar surface area (TPSA) is 79.4 Å². The molecule has 7 heteroatoms. The number of aromatic nitrogens is 1. The minimum Gasteiger partial charge on any atom is -0.350 e. The van der Waals surface area contributed by atoms with E-state index in [-0.39, 0.29) is 0 Å². The van der Waals surface area contributed by atoms with Crippen LogP contribution in [0.1, 0.15) is 21.7 Å². The number of carbonyl (C=O) groups excluding carboxylic acids is 1. The highest BCUT2D eigenvalue weighted by atomic mass is 32.1. The van der Waals surface area contributed by atoms with Crippen LogP contribution in [0.4, 0.5) is 4.79 Å². The van der Waals surface area contributed by atoms with Crippen molar-refractivity contribution in [2.75, 3.05) is 0 Å². The van der Waals surface area contributed by atoms with Gasteiger partial charge >= 0.3 is 6.03 Å². The second kappa shape index (κ2) is 6.65. The fourth-order valence-corrected chi connectivity index (χ4v) is 3.25. The van der Waals surface area contributed by atoms with Crippen LogP contribution in [-0.2, 0) is 6.42 Å². The highest BCUT2D eigenvalue weighted by Crippen LogP contribution is 2.22.